The Labute approximate surface area is 121 Å². The summed E-state index contributed by atoms with van der Waals surface area (Å²) in [5, 5.41) is 0.968. The van der Waals surface area contributed by atoms with Gasteiger partial charge in [0.1, 0.15) is 0 Å². The van der Waals surface area contributed by atoms with Crippen LogP contribution >= 0.6 is 23.5 Å². The van der Waals surface area contributed by atoms with Gasteiger partial charge in [-0.2, -0.15) is 23.5 Å². The Morgan fingerprint density at radius 3 is 2.68 bits per heavy atom. The second kappa shape index (κ2) is 6.95. The van der Waals surface area contributed by atoms with E-state index in [0.717, 1.165) is 17.7 Å². The van der Waals surface area contributed by atoms with Gasteiger partial charge >= 0.3 is 0 Å². The summed E-state index contributed by atoms with van der Waals surface area (Å²) >= 11 is 3.90. The Morgan fingerprint density at radius 1 is 1.26 bits per heavy atom. The van der Waals surface area contributed by atoms with Gasteiger partial charge in [0.05, 0.1) is 0 Å². The second-order valence-electron chi connectivity index (χ2n) is 4.77. The fraction of sp³-hybridized carbons (Fsp3) is 0.571. The number of hydrogen-bond donors (Lipinski definition) is 1. The summed E-state index contributed by atoms with van der Waals surface area (Å²) in [5.41, 5.74) is 7.06. The molecule has 1 aromatic rings. The normalized spacial score (nSPS) is 25.3. The molecule has 0 radical (unpaired) electrons. The van der Waals surface area contributed by atoms with Crippen molar-refractivity contribution in [2.24, 2.45) is 5.73 Å². The molecule has 5 heteroatoms. The minimum absolute atomic E-state index is 0.00684. The average Bonchev–Trinajstić information content (AvgIpc) is 2.43. The minimum atomic E-state index is -0.800. The van der Waals surface area contributed by atoms with Gasteiger partial charge < -0.3 is 5.73 Å². The molecule has 0 amide bonds. The second-order valence-corrected chi connectivity index (χ2v) is 7.40. The Hall–Kier alpha value is -0.260. The van der Waals surface area contributed by atoms with Crippen LogP contribution in [-0.2, 0) is 6.42 Å². The van der Waals surface area contributed by atoms with Crippen molar-refractivity contribution in [3.8, 4) is 0 Å². The van der Waals surface area contributed by atoms with Crippen molar-refractivity contribution in [3.05, 3.63) is 35.4 Å². The monoisotopic (exact) mass is 303 g/mol. The molecule has 1 heterocycles. The summed E-state index contributed by atoms with van der Waals surface area (Å²) < 4.78 is 26.1. The molecule has 1 aromatic carbocycles. The smallest absolute Gasteiger partial charge is 0.159 e. The number of halogens is 2. The van der Waals surface area contributed by atoms with Crippen molar-refractivity contribution in [2.45, 2.75) is 36.3 Å². The molecule has 1 saturated heterocycles. The third-order valence-electron chi connectivity index (χ3n) is 3.37. The maximum atomic E-state index is 13.2. The fourth-order valence-electron chi connectivity index (χ4n) is 2.39. The highest BCUT2D eigenvalue weighted by atomic mass is 32.2. The first-order chi connectivity index (χ1) is 9.11. The molecule has 1 aliphatic rings. The van der Waals surface area contributed by atoms with Crippen molar-refractivity contribution in [3.63, 3.8) is 0 Å². The van der Waals surface area contributed by atoms with E-state index in [1.165, 1.54) is 17.9 Å². The van der Waals surface area contributed by atoms with E-state index in [1.54, 1.807) is 6.07 Å². The molecule has 0 aliphatic carbocycles. The van der Waals surface area contributed by atoms with Gasteiger partial charge in [0, 0.05) is 28.0 Å². The van der Waals surface area contributed by atoms with Crippen molar-refractivity contribution < 1.29 is 8.78 Å². The molecule has 0 bridgehead atoms. The molecule has 3 atom stereocenters. The average molecular weight is 303 g/mol. The fourth-order valence-corrected chi connectivity index (χ4v) is 5.58. The molecule has 106 valence electrons. The van der Waals surface area contributed by atoms with Crippen LogP contribution in [0.3, 0.4) is 0 Å². The highest BCUT2D eigenvalue weighted by Crippen LogP contribution is 2.35. The molecule has 2 rings (SSSR count). The lowest BCUT2D eigenvalue weighted by Gasteiger charge is -2.34. The van der Waals surface area contributed by atoms with Crippen molar-refractivity contribution >= 4 is 23.5 Å². The summed E-state index contributed by atoms with van der Waals surface area (Å²) in [7, 11) is 0. The van der Waals surface area contributed by atoms with Gasteiger partial charge in [0.15, 0.2) is 11.6 Å². The van der Waals surface area contributed by atoms with E-state index < -0.39 is 11.6 Å². The zero-order valence-electron chi connectivity index (χ0n) is 10.9. The van der Waals surface area contributed by atoms with E-state index in [1.807, 2.05) is 23.5 Å². The summed E-state index contributed by atoms with van der Waals surface area (Å²) in [6, 6.07) is 4.06. The van der Waals surface area contributed by atoms with Gasteiger partial charge in [0.25, 0.3) is 0 Å². The molecule has 2 N–H and O–H groups in total. The highest BCUT2D eigenvalue weighted by Gasteiger charge is 2.30. The predicted molar refractivity (Wildman–Crippen MR) is 80.8 cm³/mol. The van der Waals surface area contributed by atoms with E-state index >= 15 is 0 Å². The lowest BCUT2D eigenvalue weighted by molar-refractivity contribution is 0.505. The third-order valence-corrected chi connectivity index (χ3v) is 6.80. The van der Waals surface area contributed by atoms with Crippen LogP contribution < -0.4 is 5.73 Å². The SMILES string of the molecule is CCC1SCCSC1C(N)Cc1ccc(F)c(F)c1. The number of benzene rings is 1. The molecular formula is C14H19F2NS2. The number of thioether (sulfide) groups is 2. The summed E-state index contributed by atoms with van der Waals surface area (Å²) in [5.74, 6) is 0.711. The van der Waals surface area contributed by atoms with E-state index in [2.05, 4.69) is 6.92 Å². The first-order valence-electron chi connectivity index (χ1n) is 6.54. The first kappa shape index (κ1) is 15.1. The molecule has 19 heavy (non-hydrogen) atoms. The van der Waals surface area contributed by atoms with Crippen molar-refractivity contribution in [1.29, 1.82) is 0 Å². The minimum Gasteiger partial charge on any atom is -0.326 e. The number of nitrogens with two attached hydrogens (primary N) is 1. The highest BCUT2D eigenvalue weighted by molar-refractivity contribution is 8.07. The van der Waals surface area contributed by atoms with E-state index in [0.29, 0.717) is 16.9 Å². The molecule has 0 saturated carbocycles. The summed E-state index contributed by atoms with van der Waals surface area (Å²) in [6.45, 7) is 2.18. The molecular weight excluding hydrogens is 284 g/mol. The molecule has 1 fully saturated rings. The van der Waals surface area contributed by atoms with Crippen LogP contribution in [0, 0.1) is 11.6 Å². The molecule has 0 aromatic heterocycles. The van der Waals surface area contributed by atoms with Crippen molar-refractivity contribution in [2.75, 3.05) is 11.5 Å². The number of rotatable bonds is 4. The standard InChI is InChI=1S/C14H19F2NS2/c1-2-13-14(19-6-5-18-13)12(17)8-9-3-4-10(15)11(16)7-9/h3-4,7,12-14H,2,5-6,8,17H2,1H3. The van der Waals surface area contributed by atoms with E-state index in [9.17, 15) is 8.78 Å². The van der Waals surface area contributed by atoms with Crippen LogP contribution in [0.2, 0.25) is 0 Å². The largest absolute Gasteiger partial charge is 0.326 e. The van der Waals surface area contributed by atoms with E-state index in [-0.39, 0.29) is 6.04 Å². The van der Waals surface area contributed by atoms with Gasteiger partial charge in [0.2, 0.25) is 0 Å². The Balaban J connectivity index is 2.02. The maximum Gasteiger partial charge on any atom is 0.159 e. The van der Waals surface area contributed by atoms with Gasteiger partial charge in [-0.15, -0.1) is 0 Å². The molecule has 0 spiro atoms. The topological polar surface area (TPSA) is 26.0 Å². The van der Waals surface area contributed by atoms with Crippen LogP contribution in [0.1, 0.15) is 18.9 Å². The van der Waals surface area contributed by atoms with Crippen LogP contribution in [-0.4, -0.2) is 28.0 Å². The first-order valence-corrected chi connectivity index (χ1v) is 8.64. The van der Waals surface area contributed by atoms with Gasteiger partial charge in [-0.05, 0) is 30.5 Å². The molecule has 1 nitrogen and oxygen atoms in total. The summed E-state index contributed by atoms with van der Waals surface area (Å²) in [6.07, 6.45) is 1.71. The Morgan fingerprint density at radius 2 is 2.00 bits per heavy atom. The maximum absolute atomic E-state index is 13.2. The Kier molecular flexibility index (Phi) is 5.54. The van der Waals surface area contributed by atoms with Crippen LogP contribution in [0.25, 0.3) is 0 Å². The van der Waals surface area contributed by atoms with Crippen molar-refractivity contribution in [1.82, 2.24) is 0 Å². The summed E-state index contributed by atoms with van der Waals surface area (Å²) in [4.78, 5) is 0. The third kappa shape index (κ3) is 3.86. The lowest BCUT2D eigenvalue weighted by atomic mass is 10.0. The quantitative estimate of drug-likeness (QED) is 0.922. The lowest BCUT2D eigenvalue weighted by Crippen LogP contribution is -2.43. The molecule has 1 aliphatic heterocycles. The predicted octanol–water partition coefficient (Wildman–Crippen LogP) is 3.46. The van der Waals surface area contributed by atoms with Gasteiger partial charge in [-0.25, -0.2) is 8.78 Å². The number of hydrogen-bond acceptors (Lipinski definition) is 3. The zero-order chi connectivity index (χ0) is 13.8. The zero-order valence-corrected chi connectivity index (χ0v) is 12.6. The van der Waals surface area contributed by atoms with E-state index in [4.69, 9.17) is 5.73 Å². The van der Waals surface area contributed by atoms with Crippen LogP contribution in [0.15, 0.2) is 18.2 Å². The van der Waals surface area contributed by atoms with Gasteiger partial charge in [-0.3, -0.25) is 0 Å². The van der Waals surface area contributed by atoms with Crippen LogP contribution in [0.5, 0.6) is 0 Å². The van der Waals surface area contributed by atoms with Gasteiger partial charge in [-0.1, -0.05) is 13.0 Å². The van der Waals surface area contributed by atoms with Crippen LogP contribution in [0.4, 0.5) is 8.78 Å². The molecule has 3 unspecified atom stereocenters. The Bertz CT molecular complexity index is 428.